The molecule has 0 amide bonds. The molecule has 0 aromatic heterocycles. The van der Waals surface area contributed by atoms with Crippen LogP contribution in [0.4, 0.5) is 0 Å². The van der Waals surface area contributed by atoms with Crippen LogP contribution < -0.4 is 10.4 Å². The number of hydrogen-bond donors (Lipinski definition) is 0. The molecule has 2 heteroatoms. The van der Waals surface area contributed by atoms with Gasteiger partial charge in [-0.05, 0) is 41.5 Å². The molecule has 0 N–H and O–H groups in total. The number of hydrogen-bond acceptors (Lipinski definition) is 0. The van der Waals surface area contributed by atoms with Crippen LogP contribution in [0.3, 0.4) is 0 Å². The molecule has 0 nitrogen and oxygen atoms in total. The first-order valence-electron chi connectivity index (χ1n) is 6.89. The molecular formula is C19H26SiZr-. The number of rotatable bonds is 2. The van der Waals surface area contributed by atoms with Crippen LogP contribution in [0.2, 0.25) is 0 Å². The van der Waals surface area contributed by atoms with Crippen molar-refractivity contribution >= 4 is 19.9 Å². The van der Waals surface area contributed by atoms with Gasteiger partial charge in [-0.15, -0.1) is 0 Å². The van der Waals surface area contributed by atoms with Gasteiger partial charge in [0.05, 0.1) is 0 Å². The van der Waals surface area contributed by atoms with Crippen LogP contribution in [0, 0.1) is 49.0 Å². The summed E-state index contributed by atoms with van der Waals surface area (Å²) in [5.74, 6) is 0. The molecule has 0 unspecified atom stereocenters. The van der Waals surface area contributed by atoms with Crippen LogP contribution in [-0.2, 0) is 26.2 Å². The van der Waals surface area contributed by atoms with Gasteiger partial charge in [0.15, 0.2) is 0 Å². The number of aryl methyl sites for hydroxylation is 6. The first kappa shape index (κ1) is 20.5. The fraction of sp³-hybridized carbons (Fsp3) is 0.316. The zero-order chi connectivity index (χ0) is 14.2. The van der Waals surface area contributed by atoms with Gasteiger partial charge in [0.25, 0.3) is 0 Å². The molecular weight excluding hydrogens is 348 g/mol. The molecule has 2 aromatic carbocycles. The minimum absolute atomic E-state index is 0. The zero-order valence-corrected chi connectivity index (χ0v) is 18.0. The second-order valence-electron chi connectivity index (χ2n) is 5.77. The van der Waals surface area contributed by atoms with E-state index < -0.39 is 0 Å². The van der Waals surface area contributed by atoms with E-state index in [2.05, 4.69) is 65.8 Å². The molecule has 0 spiro atoms. The standard InChI is InChI=1S/C18H23Si.CH3.Zr/c1-11-7-13(3)17(14(4)8-11)19-18-15(5)9-12(2)10-16(18)6;;/h7-10,19H,1-6H3;1H3;/q;-1;. The Balaban J connectivity index is 0.00000200. The molecule has 0 saturated heterocycles. The van der Waals surface area contributed by atoms with Gasteiger partial charge in [-0.3, -0.25) is 0 Å². The van der Waals surface area contributed by atoms with Gasteiger partial charge in [-0.1, -0.05) is 68.0 Å². The summed E-state index contributed by atoms with van der Waals surface area (Å²) in [5.41, 5.74) is 8.54. The SMILES string of the molecule is Cc1cc(C)c([SiH]c2c(C)cc(C)cc2C)c(C)c1.[CH3-].[Zr]. The minimum atomic E-state index is 0. The molecule has 0 saturated carbocycles. The predicted molar refractivity (Wildman–Crippen MR) is 94.1 cm³/mol. The minimum Gasteiger partial charge on any atom is -0.358 e. The van der Waals surface area contributed by atoms with Crippen LogP contribution in [0.5, 0.6) is 0 Å². The number of benzene rings is 2. The van der Waals surface area contributed by atoms with Gasteiger partial charge >= 0.3 is 0 Å². The molecule has 0 aliphatic heterocycles. The Bertz CT molecular complexity index is 528. The van der Waals surface area contributed by atoms with Crippen molar-refractivity contribution in [2.45, 2.75) is 41.5 Å². The molecule has 21 heavy (non-hydrogen) atoms. The smallest absolute Gasteiger partial charge is 0.104 e. The Hall–Kier alpha value is -0.460. The molecule has 2 rings (SSSR count). The Morgan fingerprint density at radius 1 is 0.571 bits per heavy atom. The molecule has 0 atom stereocenters. The summed E-state index contributed by atoms with van der Waals surface area (Å²) in [6, 6.07) is 9.25. The van der Waals surface area contributed by atoms with E-state index in [1.165, 1.54) is 33.4 Å². The summed E-state index contributed by atoms with van der Waals surface area (Å²) in [5, 5.41) is 3.14. The average molecular weight is 374 g/mol. The Morgan fingerprint density at radius 3 is 1.05 bits per heavy atom. The molecule has 0 aliphatic carbocycles. The van der Waals surface area contributed by atoms with Crippen LogP contribution in [0.1, 0.15) is 33.4 Å². The van der Waals surface area contributed by atoms with E-state index in [1.807, 2.05) is 0 Å². The van der Waals surface area contributed by atoms with Gasteiger partial charge in [0.2, 0.25) is 0 Å². The summed E-state index contributed by atoms with van der Waals surface area (Å²) in [4.78, 5) is 0. The third kappa shape index (κ3) is 4.76. The summed E-state index contributed by atoms with van der Waals surface area (Å²) in [7, 11) is 0.191. The molecule has 111 valence electrons. The van der Waals surface area contributed by atoms with E-state index in [0.717, 1.165) is 0 Å². The van der Waals surface area contributed by atoms with E-state index in [-0.39, 0.29) is 43.1 Å². The summed E-state index contributed by atoms with van der Waals surface area (Å²) < 4.78 is 0. The Kier molecular flexibility index (Phi) is 8.07. The molecule has 0 fully saturated rings. The summed E-state index contributed by atoms with van der Waals surface area (Å²) in [6.45, 7) is 13.4. The van der Waals surface area contributed by atoms with E-state index >= 15 is 0 Å². The maximum absolute atomic E-state index is 2.31. The second-order valence-corrected chi connectivity index (χ2v) is 7.21. The van der Waals surface area contributed by atoms with Crippen molar-refractivity contribution in [2.75, 3.05) is 0 Å². The third-order valence-electron chi connectivity index (χ3n) is 3.76. The van der Waals surface area contributed by atoms with Gasteiger partial charge in [-0.2, -0.15) is 0 Å². The molecule has 1 radical (unpaired) electrons. The van der Waals surface area contributed by atoms with Crippen molar-refractivity contribution in [1.29, 1.82) is 0 Å². The molecule has 0 aliphatic rings. The summed E-state index contributed by atoms with van der Waals surface area (Å²) >= 11 is 0. The van der Waals surface area contributed by atoms with Crippen molar-refractivity contribution in [3.05, 3.63) is 65.1 Å². The average Bonchev–Trinajstić information content (AvgIpc) is 2.25. The quantitative estimate of drug-likeness (QED) is 0.559. The second kappa shape index (κ2) is 8.25. The van der Waals surface area contributed by atoms with Gasteiger partial charge in [0.1, 0.15) is 9.52 Å². The zero-order valence-electron chi connectivity index (χ0n) is 14.4. The van der Waals surface area contributed by atoms with Crippen molar-refractivity contribution in [1.82, 2.24) is 0 Å². The fourth-order valence-corrected chi connectivity index (χ4v) is 4.51. The third-order valence-corrected chi connectivity index (χ3v) is 6.16. The van der Waals surface area contributed by atoms with Crippen LogP contribution >= 0.6 is 0 Å². The first-order valence-corrected chi connectivity index (χ1v) is 8.04. The molecule has 0 heterocycles. The van der Waals surface area contributed by atoms with Crippen molar-refractivity contribution in [3.63, 3.8) is 0 Å². The Labute approximate surface area is 152 Å². The van der Waals surface area contributed by atoms with E-state index in [4.69, 9.17) is 0 Å². The maximum atomic E-state index is 2.31. The van der Waals surface area contributed by atoms with E-state index in [0.29, 0.717) is 0 Å². The van der Waals surface area contributed by atoms with Crippen LogP contribution in [-0.4, -0.2) is 9.52 Å². The van der Waals surface area contributed by atoms with E-state index in [1.54, 1.807) is 10.4 Å². The molecule has 0 bridgehead atoms. The van der Waals surface area contributed by atoms with E-state index in [9.17, 15) is 0 Å². The normalized spacial score (nSPS) is 9.81. The van der Waals surface area contributed by atoms with Gasteiger partial charge in [-0.25, -0.2) is 0 Å². The largest absolute Gasteiger partial charge is 0.358 e. The maximum Gasteiger partial charge on any atom is 0.104 e. The monoisotopic (exact) mass is 372 g/mol. The van der Waals surface area contributed by atoms with Gasteiger partial charge in [0, 0.05) is 26.2 Å². The molecule has 2 aromatic rings. The topological polar surface area (TPSA) is 0 Å². The first-order chi connectivity index (χ1) is 8.88. The van der Waals surface area contributed by atoms with Gasteiger partial charge < -0.3 is 7.43 Å². The fourth-order valence-electron chi connectivity index (χ4n) is 2.98. The Morgan fingerprint density at radius 2 is 0.810 bits per heavy atom. The van der Waals surface area contributed by atoms with Crippen molar-refractivity contribution < 1.29 is 26.2 Å². The predicted octanol–water partition coefficient (Wildman–Crippen LogP) is 3.37. The summed E-state index contributed by atoms with van der Waals surface area (Å²) in [6.07, 6.45) is 0. The van der Waals surface area contributed by atoms with Crippen LogP contribution in [0.15, 0.2) is 24.3 Å². The van der Waals surface area contributed by atoms with Crippen molar-refractivity contribution in [3.8, 4) is 0 Å². The van der Waals surface area contributed by atoms with Crippen LogP contribution in [0.25, 0.3) is 0 Å². The van der Waals surface area contributed by atoms with Crippen molar-refractivity contribution in [2.24, 2.45) is 0 Å².